The van der Waals surface area contributed by atoms with Crippen LogP contribution in [0.1, 0.15) is 50.2 Å². The molecule has 0 radical (unpaired) electrons. The van der Waals surface area contributed by atoms with Gasteiger partial charge in [-0.15, -0.1) is 0 Å². The average Bonchev–Trinajstić information content (AvgIpc) is 3.38. The molecule has 4 nitrogen and oxygen atoms in total. The van der Waals surface area contributed by atoms with Crippen LogP contribution in [0.25, 0.3) is 10.9 Å². The summed E-state index contributed by atoms with van der Waals surface area (Å²) in [7, 11) is 0. The highest BCUT2D eigenvalue weighted by atomic mass is 16.3. The van der Waals surface area contributed by atoms with Crippen LogP contribution in [0.2, 0.25) is 0 Å². The Morgan fingerprint density at radius 3 is 2.83 bits per heavy atom. The number of nitrogens with zero attached hydrogens (tertiary/aromatic N) is 2. The summed E-state index contributed by atoms with van der Waals surface area (Å²) < 4.78 is 1.80. The van der Waals surface area contributed by atoms with E-state index in [0.29, 0.717) is 18.0 Å². The smallest absolute Gasteiger partial charge is 0.263 e. The average molecular weight is 326 g/mol. The molecule has 1 aliphatic rings. The van der Waals surface area contributed by atoms with E-state index in [1.165, 1.54) is 12.8 Å². The van der Waals surface area contributed by atoms with Crippen LogP contribution in [0.3, 0.4) is 0 Å². The van der Waals surface area contributed by atoms with E-state index in [2.05, 4.69) is 11.9 Å². The van der Waals surface area contributed by atoms with Crippen LogP contribution in [0.15, 0.2) is 28.0 Å². The molecule has 0 bridgehead atoms. The molecule has 1 N–H and O–H groups in total. The molecule has 128 valence electrons. The van der Waals surface area contributed by atoms with Crippen molar-refractivity contribution >= 4 is 17.1 Å². The lowest BCUT2D eigenvalue weighted by Gasteiger charge is -2.14. The highest BCUT2D eigenvalue weighted by Gasteiger charge is 2.20. The third-order valence-electron chi connectivity index (χ3n) is 4.70. The van der Waals surface area contributed by atoms with Crippen molar-refractivity contribution in [1.82, 2.24) is 4.57 Å². The molecule has 0 amide bonds. The molecule has 0 spiro atoms. The molecule has 2 aromatic rings. The van der Waals surface area contributed by atoms with Crippen LogP contribution in [0.5, 0.6) is 5.75 Å². The number of aromatic nitrogens is 1. The molecular weight excluding hydrogens is 300 g/mol. The molecular formula is C20H26N2O2. The Balaban J connectivity index is 2.07. The molecule has 0 atom stereocenters. The highest BCUT2D eigenvalue weighted by Crippen LogP contribution is 2.29. The van der Waals surface area contributed by atoms with E-state index < -0.39 is 0 Å². The molecule has 1 aromatic carbocycles. The van der Waals surface area contributed by atoms with Gasteiger partial charge in [0.05, 0.1) is 5.52 Å². The lowest BCUT2D eigenvalue weighted by atomic mass is 10.1. The molecule has 0 aliphatic heterocycles. The zero-order valence-electron chi connectivity index (χ0n) is 14.6. The Hall–Kier alpha value is -2.10. The molecule has 0 saturated heterocycles. The van der Waals surface area contributed by atoms with Crippen LogP contribution >= 0.6 is 0 Å². The van der Waals surface area contributed by atoms with Gasteiger partial charge < -0.3 is 9.67 Å². The van der Waals surface area contributed by atoms with Gasteiger partial charge in [0.25, 0.3) is 5.56 Å². The van der Waals surface area contributed by atoms with Gasteiger partial charge in [-0.25, -0.2) is 0 Å². The van der Waals surface area contributed by atoms with Gasteiger partial charge in [-0.1, -0.05) is 25.8 Å². The van der Waals surface area contributed by atoms with Crippen molar-refractivity contribution in [1.29, 1.82) is 0 Å². The van der Waals surface area contributed by atoms with Gasteiger partial charge in [0.15, 0.2) is 0 Å². The van der Waals surface area contributed by atoms with Crippen LogP contribution < -0.4 is 5.56 Å². The van der Waals surface area contributed by atoms with Crippen molar-refractivity contribution in [2.45, 2.75) is 52.5 Å². The van der Waals surface area contributed by atoms with Crippen LogP contribution in [-0.2, 0) is 6.54 Å². The van der Waals surface area contributed by atoms with Crippen LogP contribution in [-0.4, -0.2) is 22.4 Å². The lowest BCUT2D eigenvalue weighted by molar-refractivity contribution is 0.477. The number of aromatic hydroxyl groups is 1. The Labute approximate surface area is 142 Å². The summed E-state index contributed by atoms with van der Waals surface area (Å²) >= 11 is 0. The Morgan fingerprint density at radius 2 is 2.12 bits per heavy atom. The summed E-state index contributed by atoms with van der Waals surface area (Å²) in [4.78, 5) is 17.3. The second-order valence-corrected chi connectivity index (χ2v) is 6.88. The van der Waals surface area contributed by atoms with Crippen LogP contribution in [0, 0.1) is 12.8 Å². The summed E-state index contributed by atoms with van der Waals surface area (Å²) in [5.74, 6) is 0.722. The maximum absolute atomic E-state index is 12.9. The normalized spacial score (nSPS) is 14.8. The molecule has 1 aliphatic carbocycles. The number of pyridine rings is 1. The SMILES string of the molecule is CCCCCn1c(=O)c(C=NCC2CC2)c(O)c2ccc(C)cc21. The standard InChI is InChI=1S/C20H26N2O2/c1-3-4-5-10-22-18-11-14(2)6-9-16(18)19(23)17(20(22)24)13-21-12-15-7-8-15/h6,9,11,13,15,23H,3-5,7-8,10,12H2,1-2H3. The molecule has 4 heteroatoms. The summed E-state index contributed by atoms with van der Waals surface area (Å²) in [6, 6.07) is 5.84. The van der Waals surface area contributed by atoms with E-state index >= 15 is 0 Å². The van der Waals surface area contributed by atoms with Crippen molar-refractivity contribution in [3.8, 4) is 5.75 Å². The minimum absolute atomic E-state index is 0.0567. The first kappa shape index (κ1) is 16.7. The van der Waals surface area contributed by atoms with Gasteiger partial charge in [-0.3, -0.25) is 9.79 Å². The fourth-order valence-corrected chi connectivity index (χ4v) is 3.02. The topological polar surface area (TPSA) is 54.6 Å². The third-order valence-corrected chi connectivity index (χ3v) is 4.70. The van der Waals surface area contributed by atoms with Gasteiger partial charge in [-0.05, 0) is 49.8 Å². The zero-order chi connectivity index (χ0) is 17.1. The third kappa shape index (κ3) is 3.53. The molecule has 3 rings (SSSR count). The van der Waals surface area contributed by atoms with Crippen molar-refractivity contribution < 1.29 is 5.11 Å². The minimum Gasteiger partial charge on any atom is -0.506 e. The molecule has 24 heavy (non-hydrogen) atoms. The monoisotopic (exact) mass is 326 g/mol. The number of hydrogen-bond donors (Lipinski definition) is 1. The molecule has 0 unspecified atom stereocenters. The van der Waals surface area contributed by atoms with Gasteiger partial charge in [0.2, 0.25) is 0 Å². The number of aliphatic imine (C=N–C) groups is 1. The summed E-state index contributed by atoms with van der Waals surface area (Å²) in [6.07, 6.45) is 7.18. The van der Waals surface area contributed by atoms with Crippen molar-refractivity contribution in [2.24, 2.45) is 10.9 Å². The largest absolute Gasteiger partial charge is 0.506 e. The molecule has 1 aromatic heterocycles. The first-order valence-electron chi connectivity index (χ1n) is 8.97. The van der Waals surface area contributed by atoms with Gasteiger partial charge in [0.1, 0.15) is 11.3 Å². The Morgan fingerprint density at radius 1 is 1.33 bits per heavy atom. The predicted molar refractivity (Wildman–Crippen MR) is 99.3 cm³/mol. The van der Waals surface area contributed by atoms with Crippen molar-refractivity contribution in [3.05, 3.63) is 39.7 Å². The number of rotatable bonds is 7. The fraction of sp³-hybridized carbons (Fsp3) is 0.500. The fourth-order valence-electron chi connectivity index (χ4n) is 3.02. The molecule has 1 heterocycles. The van der Waals surface area contributed by atoms with Crippen molar-refractivity contribution in [3.63, 3.8) is 0 Å². The van der Waals surface area contributed by atoms with Crippen LogP contribution in [0.4, 0.5) is 0 Å². The summed E-state index contributed by atoms with van der Waals surface area (Å²) in [5, 5.41) is 11.3. The predicted octanol–water partition coefficient (Wildman–Crippen LogP) is 4.03. The number of benzene rings is 1. The second kappa shape index (κ2) is 7.20. The number of fused-ring (bicyclic) bond motifs is 1. The molecule has 1 saturated carbocycles. The Bertz CT molecular complexity index is 816. The number of unbranched alkanes of at least 4 members (excludes halogenated alkanes) is 2. The highest BCUT2D eigenvalue weighted by molar-refractivity contribution is 5.95. The zero-order valence-corrected chi connectivity index (χ0v) is 14.6. The first-order valence-corrected chi connectivity index (χ1v) is 8.97. The van der Waals surface area contributed by atoms with Gasteiger partial charge in [0, 0.05) is 24.7 Å². The van der Waals surface area contributed by atoms with E-state index in [4.69, 9.17) is 0 Å². The number of aryl methyl sites for hydroxylation is 2. The summed E-state index contributed by atoms with van der Waals surface area (Å²) in [5.41, 5.74) is 2.08. The number of hydrogen-bond acceptors (Lipinski definition) is 3. The van der Waals surface area contributed by atoms with E-state index in [9.17, 15) is 9.90 Å². The summed E-state index contributed by atoms with van der Waals surface area (Å²) in [6.45, 7) is 5.58. The van der Waals surface area contributed by atoms with Crippen molar-refractivity contribution in [2.75, 3.05) is 6.54 Å². The van der Waals surface area contributed by atoms with Gasteiger partial charge >= 0.3 is 0 Å². The van der Waals surface area contributed by atoms with E-state index in [1.807, 2.05) is 25.1 Å². The van der Waals surface area contributed by atoms with E-state index in [0.717, 1.165) is 42.3 Å². The second-order valence-electron chi connectivity index (χ2n) is 6.88. The lowest BCUT2D eigenvalue weighted by Crippen LogP contribution is -2.24. The molecule has 1 fully saturated rings. The van der Waals surface area contributed by atoms with Gasteiger partial charge in [-0.2, -0.15) is 0 Å². The maximum atomic E-state index is 12.9. The quantitative estimate of drug-likeness (QED) is 0.617. The Kier molecular flexibility index (Phi) is 5.03. The maximum Gasteiger partial charge on any atom is 0.263 e. The minimum atomic E-state index is -0.138. The first-order chi connectivity index (χ1) is 11.6. The van der Waals surface area contributed by atoms with E-state index in [-0.39, 0.29) is 11.3 Å². The van der Waals surface area contributed by atoms with E-state index in [1.54, 1.807) is 10.8 Å².